The Hall–Kier alpha value is -1.60. The summed E-state index contributed by atoms with van der Waals surface area (Å²) in [7, 11) is 5.56. The molecule has 6 heteroatoms. The molecule has 5 nitrogen and oxygen atoms in total. The van der Waals surface area contributed by atoms with Crippen LogP contribution in [0.3, 0.4) is 0 Å². The summed E-state index contributed by atoms with van der Waals surface area (Å²) < 4.78 is 11.3. The van der Waals surface area contributed by atoms with Crippen molar-refractivity contribution in [3.05, 3.63) is 45.6 Å². The van der Waals surface area contributed by atoms with E-state index >= 15 is 0 Å². The van der Waals surface area contributed by atoms with Crippen molar-refractivity contribution in [1.82, 2.24) is 9.80 Å². The molecule has 1 atom stereocenters. The molecule has 2 heterocycles. The summed E-state index contributed by atoms with van der Waals surface area (Å²) in [5.41, 5.74) is 2.54. The summed E-state index contributed by atoms with van der Waals surface area (Å²) in [6.45, 7) is 3.70. The summed E-state index contributed by atoms with van der Waals surface area (Å²) in [6.07, 6.45) is 0.595. The third-order valence-corrected chi connectivity index (χ3v) is 5.58. The predicted octanol–water partition coefficient (Wildman–Crippen LogP) is 2.62. The number of nitrogens with zero attached hydrogens (tertiary/aromatic N) is 2. The molecule has 2 aromatic rings. The molecule has 0 amide bonds. The summed E-state index contributed by atoms with van der Waals surface area (Å²) >= 11 is 1.86. The molecule has 0 saturated carbocycles. The summed E-state index contributed by atoms with van der Waals surface area (Å²) in [5.74, 6) is 1.65. The molecule has 0 aliphatic carbocycles. The Morgan fingerprint density at radius 3 is 2.92 bits per heavy atom. The minimum atomic E-state index is -0.511. The molecule has 1 N–H and O–H groups in total. The first kappa shape index (κ1) is 19.2. The second-order valence-electron chi connectivity index (χ2n) is 7.03. The number of aliphatic hydroxyl groups excluding tert-OH is 1. The maximum Gasteiger partial charge on any atom is 0.124 e. The van der Waals surface area contributed by atoms with E-state index in [1.807, 2.05) is 48.5 Å². The molecule has 0 saturated heterocycles. The molecule has 1 aliphatic heterocycles. The first-order valence-electron chi connectivity index (χ1n) is 8.95. The van der Waals surface area contributed by atoms with Gasteiger partial charge in [-0.1, -0.05) is 0 Å². The summed E-state index contributed by atoms with van der Waals surface area (Å²) in [6, 6.07) is 8.12. The highest BCUT2D eigenvalue weighted by atomic mass is 32.1. The second-order valence-corrected chi connectivity index (χ2v) is 8.03. The van der Waals surface area contributed by atoms with Crippen LogP contribution in [0.15, 0.2) is 29.6 Å². The zero-order valence-electron chi connectivity index (χ0n) is 15.8. The van der Waals surface area contributed by atoms with Gasteiger partial charge in [-0.3, -0.25) is 4.90 Å². The number of fused-ring (bicyclic) bond motifs is 1. The van der Waals surface area contributed by atoms with E-state index in [-0.39, 0.29) is 6.61 Å². The number of aliphatic hydroxyl groups is 1. The molecule has 3 rings (SSSR count). The highest BCUT2D eigenvalue weighted by molar-refractivity contribution is 7.10. The highest BCUT2D eigenvalue weighted by Crippen LogP contribution is 2.29. The SMILES string of the molecule is COc1ccc(OC[C@@H](O)CN(C)C)c(CN2CCc3sccc3C2)c1. The van der Waals surface area contributed by atoms with Crippen LogP contribution in [-0.4, -0.2) is 61.9 Å². The molecule has 0 fully saturated rings. The molecular formula is C20H28N2O3S. The molecule has 142 valence electrons. The first-order chi connectivity index (χ1) is 12.5. The third-order valence-electron chi connectivity index (χ3n) is 4.56. The fourth-order valence-corrected chi connectivity index (χ4v) is 4.18. The average Bonchev–Trinajstić information content (AvgIpc) is 3.07. The van der Waals surface area contributed by atoms with Gasteiger partial charge in [0.2, 0.25) is 0 Å². The van der Waals surface area contributed by atoms with Crippen molar-refractivity contribution in [3.63, 3.8) is 0 Å². The van der Waals surface area contributed by atoms with Crippen LogP contribution < -0.4 is 9.47 Å². The summed E-state index contributed by atoms with van der Waals surface area (Å²) in [4.78, 5) is 5.90. The normalized spacial score (nSPS) is 15.7. The average molecular weight is 377 g/mol. The van der Waals surface area contributed by atoms with E-state index in [0.717, 1.165) is 43.1 Å². The Labute approximate surface area is 159 Å². The van der Waals surface area contributed by atoms with Crippen molar-refractivity contribution in [2.75, 3.05) is 40.9 Å². The van der Waals surface area contributed by atoms with Crippen LogP contribution in [0.5, 0.6) is 11.5 Å². The molecule has 0 spiro atoms. The monoisotopic (exact) mass is 376 g/mol. The van der Waals surface area contributed by atoms with Gasteiger partial charge in [-0.25, -0.2) is 0 Å². The van der Waals surface area contributed by atoms with Gasteiger partial charge in [0, 0.05) is 36.6 Å². The first-order valence-corrected chi connectivity index (χ1v) is 9.83. The van der Waals surface area contributed by atoms with Gasteiger partial charge in [0.15, 0.2) is 0 Å². The van der Waals surface area contributed by atoms with Crippen LogP contribution in [0.1, 0.15) is 16.0 Å². The number of thiophene rings is 1. The van der Waals surface area contributed by atoms with Gasteiger partial charge in [-0.05, 0) is 55.7 Å². The van der Waals surface area contributed by atoms with E-state index in [2.05, 4.69) is 16.3 Å². The second kappa shape index (κ2) is 8.86. The number of ether oxygens (including phenoxy) is 2. The zero-order chi connectivity index (χ0) is 18.5. The number of likely N-dealkylation sites (N-methyl/N-ethyl adjacent to an activating group) is 1. The molecule has 0 bridgehead atoms. The van der Waals surface area contributed by atoms with Crippen molar-refractivity contribution >= 4 is 11.3 Å². The lowest BCUT2D eigenvalue weighted by molar-refractivity contribution is 0.0821. The van der Waals surface area contributed by atoms with Crippen LogP contribution in [0.25, 0.3) is 0 Å². The van der Waals surface area contributed by atoms with Crippen molar-refractivity contribution in [2.24, 2.45) is 0 Å². The fourth-order valence-electron chi connectivity index (χ4n) is 3.29. The van der Waals surface area contributed by atoms with Crippen LogP contribution in [0.4, 0.5) is 0 Å². The lowest BCUT2D eigenvalue weighted by Gasteiger charge is -2.28. The maximum absolute atomic E-state index is 10.1. The largest absolute Gasteiger partial charge is 0.497 e. The topological polar surface area (TPSA) is 45.2 Å². The van der Waals surface area contributed by atoms with Crippen LogP contribution in [0, 0.1) is 0 Å². The zero-order valence-corrected chi connectivity index (χ0v) is 16.6. The van der Waals surface area contributed by atoms with Crippen LogP contribution in [0.2, 0.25) is 0 Å². The van der Waals surface area contributed by atoms with Gasteiger partial charge in [0.1, 0.15) is 24.2 Å². The number of hydrogen-bond donors (Lipinski definition) is 1. The molecule has 0 radical (unpaired) electrons. The van der Waals surface area contributed by atoms with Gasteiger partial charge >= 0.3 is 0 Å². The predicted molar refractivity (Wildman–Crippen MR) is 105 cm³/mol. The standard InChI is InChI=1S/C20H28N2O3S/c1-21(2)13-17(23)14-25-19-5-4-18(24-3)10-16(19)12-22-8-6-20-15(11-22)7-9-26-20/h4-5,7,9-10,17,23H,6,8,11-14H2,1-3H3/t17-/m0/s1. The summed E-state index contributed by atoms with van der Waals surface area (Å²) in [5, 5.41) is 12.3. The van der Waals surface area contributed by atoms with E-state index < -0.39 is 6.10 Å². The Bertz CT molecular complexity index is 717. The van der Waals surface area contributed by atoms with E-state index in [1.165, 1.54) is 10.4 Å². The Morgan fingerprint density at radius 2 is 2.15 bits per heavy atom. The Kier molecular flexibility index (Phi) is 6.53. The number of benzene rings is 1. The quantitative estimate of drug-likeness (QED) is 0.767. The molecule has 1 aromatic heterocycles. The maximum atomic E-state index is 10.1. The van der Waals surface area contributed by atoms with Gasteiger partial charge in [0.05, 0.1) is 7.11 Å². The van der Waals surface area contributed by atoms with E-state index in [0.29, 0.717) is 6.54 Å². The Morgan fingerprint density at radius 1 is 1.31 bits per heavy atom. The van der Waals surface area contributed by atoms with Crippen LogP contribution >= 0.6 is 11.3 Å². The minimum Gasteiger partial charge on any atom is -0.497 e. The van der Waals surface area contributed by atoms with Gasteiger partial charge in [-0.15, -0.1) is 11.3 Å². The van der Waals surface area contributed by atoms with Crippen molar-refractivity contribution in [1.29, 1.82) is 0 Å². The third kappa shape index (κ3) is 4.98. The van der Waals surface area contributed by atoms with E-state index in [4.69, 9.17) is 9.47 Å². The fraction of sp³-hybridized carbons (Fsp3) is 0.500. The van der Waals surface area contributed by atoms with E-state index in [9.17, 15) is 5.11 Å². The van der Waals surface area contributed by atoms with Crippen molar-refractivity contribution < 1.29 is 14.6 Å². The molecule has 1 aromatic carbocycles. The number of rotatable bonds is 8. The highest BCUT2D eigenvalue weighted by Gasteiger charge is 2.19. The molecule has 0 unspecified atom stereocenters. The molecule has 1 aliphatic rings. The number of methoxy groups -OCH3 is 1. The molecular weight excluding hydrogens is 348 g/mol. The minimum absolute atomic E-state index is 0.284. The van der Waals surface area contributed by atoms with Gasteiger partial charge in [-0.2, -0.15) is 0 Å². The van der Waals surface area contributed by atoms with Gasteiger partial charge < -0.3 is 19.5 Å². The Balaban J connectivity index is 1.68. The van der Waals surface area contributed by atoms with E-state index in [1.54, 1.807) is 7.11 Å². The van der Waals surface area contributed by atoms with Crippen molar-refractivity contribution in [3.8, 4) is 11.5 Å². The van der Waals surface area contributed by atoms with Gasteiger partial charge in [0.25, 0.3) is 0 Å². The molecule has 26 heavy (non-hydrogen) atoms. The van der Waals surface area contributed by atoms with Crippen LogP contribution in [-0.2, 0) is 19.5 Å². The lowest BCUT2D eigenvalue weighted by atomic mass is 10.1. The van der Waals surface area contributed by atoms with Crippen molar-refractivity contribution in [2.45, 2.75) is 25.6 Å². The lowest BCUT2D eigenvalue weighted by Crippen LogP contribution is -2.31. The number of hydrogen-bond acceptors (Lipinski definition) is 6. The smallest absolute Gasteiger partial charge is 0.124 e.